The number of para-hydroxylation sites is 1. The number of hydrogen-bond acceptors (Lipinski definition) is 5. The second-order valence-corrected chi connectivity index (χ2v) is 8.92. The zero-order valence-corrected chi connectivity index (χ0v) is 19.7. The van der Waals surface area contributed by atoms with Gasteiger partial charge in [0.1, 0.15) is 22.9 Å². The SMILES string of the molecule is COc1ccccc1-c1nc2ccc(-c3ccsc3)nn2c1-c1cccc(-c2cccc(O)c2)c1. The van der Waals surface area contributed by atoms with Gasteiger partial charge in [0.15, 0.2) is 5.65 Å². The Kier molecular flexibility index (Phi) is 5.28. The number of rotatable bonds is 5. The summed E-state index contributed by atoms with van der Waals surface area (Å²) in [5, 5.41) is 19.1. The Labute approximate surface area is 206 Å². The topological polar surface area (TPSA) is 59.7 Å². The average molecular weight is 476 g/mol. The lowest BCUT2D eigenvalue weighted by molar-refractivity contribution is 0.416. The maximum absolute atomic E-state index is 10.0. The fraction of sp³-hybridized carbons (Fsp3) is 0.0345. The van der Waals surface area contributed by atoms with Crippen molar-refractivity contribution in [2.45, 2.75) is 0 Å². The third-order valence-electron chi connectivity index (χ3n) is 5.97. The third-order valence-corrected chi connectivity index (χ3v) is 6.66. The second kappa shape index (κ2) is 8.74. The first-order chi connectivity index (χ1) is 17.2. The summed E-state index contributed by atoms with van der Waals surface area (Å²) < 4.78 is 7.59. The quantitative estimate of drug-likeness (QED) is 0.287. The number of phenolic OH excluding ortho intramolecular Hbond substituents is 1. The van der Waals surface area contributed by atoms with Gasteiger partial charge in [-0.05, 0) is 65.0 Å². The smallest absolute Gasteiger partial charge is 0.155 e. The molecule has 0 aliphatic rings. The van der Waals surface area contributed by atoms with Gasteiger partial charge in [0.05, 0.1) is 12.8 Å². The van der Waals surface area contributed by atoms with E-state index in [1.807, 2.05) is 65.2 Å². The Morgan fingerprint density at radius 2 is 1.60 bits per heavy atom. The molecule has 6 rings (SSSR count). The van der Waals surface area contributed by atoms with E-state index in [0.29, 0.717) is 0 Å². The van der Waals surface area contributed by atoms with E-state index in [1.54, 1.807) is 30.6 Å². The van der Waals surface area contributed by atoms with Crippen LogP contribution in [0.25, 0.3) is 50.5 Å². The lowest BCUT2D eigenvalue weighted by Gasteiger charge is -2.11. The predicted molar refractivity (Wildman–Crippen MR) is 141 cm³/mol. The average Bonchev–Trinajstić information content (AvgIpc) is 3.57. The molecule has 3 heterocycles. The Morgan fingerprint density at radius 3 is 2.40 bits per heavy atom. The molecule has 0 spiro atoms. The molecule has 0 fully saturated rings. The van der Waals surface area contributed by atoms with E-state index in [-0.39, 0.29) is 5.75 Å². The van der Waals surface area contributed by atoms with Gasteiger partial charge in [0, 0.05) is 22.1 Å². The Balaban J connectivity index is 1.62. The summed E-state index contributed by atoms with van der Waals surface area (Å²) in [6, 6.07) is 29.5. The lowest BCUT2D eigenvalue weighted by Crippen LogP contribution is -1.97. The molecule has 0 aliphatic carbocycles. The van der Waals surface area contributed by atoms with E-state index in [4.69, 9.17) is 14.8 Å². The molecule has 1 N–H and O–H groups in total. The molecule has 0 unspecified atom stereocenters. The van der Waals surface area contributed by atoms with Crippen LogP contribution in [0.2, 0.25) is 0 Å². The number of fused-ring (bicyclic) bond motifs is 1. The summed E-state index contributed by atoms with van der Waals surface area (Å²) in [5.74, 6) is 0.985. The number of nitrogens with zero attached hydrogens (tertiary/aromatic N) is 3. The highest BCUT2D eigenvalue weighted by Crippen LogP contribution is 2.38. The van der Waals surface area contributed by atoms with Crippen molar-refractivity contribution < 1.29 is 9.84 Å². The standard InChI is InChI=1S/C29H21N3O2S/c1-34-26-11-3-2-10-24(26)28-29(21-8-4-6-19(16-21)20-7-5-9-23(33)17-20)32-27(30-28)13-12-25(31-32)22-14-15-35-18-22/h2-18,33H,1H3. The van der Waals surface area contributed by atoms with Crippen molar-refractivity contribution in [3.05, 3.63) is 102 Å². The van der Waals surface area contributed by atoms with Crippen LogP contribution in [-0.2, 0) is 0 Å². The summed E-state index contributed by atoms with van der Waals surface area (Å²) in [6.45, 7) is 0. The molecule has 0 amide bonds. The van der Waals surface area contributed by atoms with Crippen molar-refractivity contribution in [1.29, 1.82) is 0 Å². The van der Waals surface area contributed by atoms with Crippen LogP contribution in [0.3, 0.4) is 0 Å². The zero-order chi connectivity index (χ0) is 23.8. The van der Waals surface area contributed by atoms with E-state index >= 15 is 0 Å². The van der Waals surface area contributed by atoms with Gasteiger partial charge in [0.2, 0.25) is 0 Å². The monoisotopic (exact) mass is 475 g/mol. The van der Waals surface area contributed by atoms with Crippen LogP contribution in [0.15, 0.2) is 102 Å². The summed E-state index contributed by atoms with van der Waals surface area (Å²) in [6.07, 6.45) is 0. The van der Waals surface area contributed by atoms with Crippen LogP contribution in [0, 0.1) is 0 Å². The number of benzene rings is 3. The molecule has 3 aromatic heterocycles. The van der Waals surface area contributed by atoms with Crippen molar-refractivity contribution in [2.24, 2.45) is 0 Å². The number of hydrogen-bond donors (Lipinski definition) is 1. The van der Waals surface area contributed by atoms with Crippen molar-refractivity contribution in [3.63, 3.8) is 0 Å². The molecule has 0 bridgehead atoms. The highest BCUT2D eigenvalue weighted by atomic mass is 32.1. The van der Waals surface area contributed by atoms with Crippen LogP contribution in [0.4, 0.5) is 0 Å². The molecule has 6 heteroatoms. The van der Waals surface area contributed by atoms with Gasteiger partial charge >= 0.3 is 0 Å². The molecule has 170 valence electrons. The van der Waals surface area contributed by atoms with Crippen LogP contribution < -0.4 is 4.74 Å². The van der Waals surface area contributed by atoms with Gasteiger partial charge in [0.25, 0.3) is 0 Å². The van der Waals surface area contributed by atoms with Crippen LogP contribution >= 0.6 is 11.3 Å². The zero-order valence-electron chi connectivity index (χ0n) is 18.9. The fourth-order valence-electron chi connectivity index (χ4n) is 4.32. The summed E-state index contributed by atoms with van der Waals surface area (Å²) in [5.41, 5.74) is 8.18. The molecular formula is C29H21N3O2S. The van der Waals surface area contributed by atoms with E-state index in [0.717, 1.165) is 56.3 Å². The molecule has 0 saturated heterocycles. The van der Waals surface area contributed by atoms with Gasteiger partial charge in [-0.25, -0.2) is 9.50 Å². The lowest BCUT2D eigenvalue weighted by atomic mass is 9.99. The molecule has 35 heavy (non-hydrogen) atoms. The van der Waals surface area contributed by atoms with Crippen molar-refractivity contribution in [1.82, 2.24) is 14.6 Å². The predicted octanol–water partition coefficient (Wildman–Crippen LogP) is 7.17. The number of imidazole rings is 1. The molecule has 0 radical (unpaired) electrons. The number of aromatic hydroxyl groups is 1. The van der Waals surface area contributed by atoms with E-state index in [9.17, 15) is 5.11 Å². The van der Waals surface area contributed by atoms with Crippen molar-refractivity contribution >= 4 is 17.0 Å². The van der Waals surface area contributed by atoms with E-state index < -0.39 is 0 Å². The first-order valence-corrected chi connectivity index (χ1v) is 12.1. The van der Waals surface area contributed by atoms with Crippen LogP contribution in [-0.4, -0.2) is 26.8 Å². The van der Waals surface area contributed by atoms with Gasteiger partial charge in [-0.1, -0.05) is 42.5 Å². The van der Waals surface area contributed by atoms with Gasteiger partial charge in [-0.15, -0.1) is 0 Å². The minimum atomic E-state index is 0.236. The summed E-state index contributed by atoms with van der Waals surface area (Å²) in [7, 11) is 1.67. The maximum Gasteiger partial charge on any atom is 0.155 e. The highest BCUT2D eigenvalue weighted by Gasteiger charge is 2.20. The van der Waals surface area contributed by atoms with Crippen LogP contribution in [0.1, 0.15) is 0 Å². The van der Waals surface area contributed by atoms with Gasteiger partial charge in [-0.3, -0.25) is 0 Å². The molecule has 3 aromatic carbocycles. The van der Waals surface area contributed by atoms with Crippen molar-refractivity contribution in [2.75, 3.05) is 7.11 Å². The van der Waals surface area contributed by atoms with E-state index in [2.05, 4.69) is 29.0 Å². The van der Waals surface area contributed by atoms with Gasteiger partial charge < -0.3 is 9.84 Å². The second-order valence-electron chi connectivity index (χ2n) is 8.14. The van der Waals surface area contributed by atoms with E-state index in [1.165, 1.54) is 0 Å². The molecule has 0 atom stereocenters. The molecular weight excluding hydrogens is 454 g/mol. The molecule has 6 aromatic rings. The fourth-order valence-corrected chi connectivity index (χ4v) is 4.97. The normalized spacial score (nSPS) is 11.1. The van der Waals surface area contributed by atoms with Crippen LogP contribution in [0.5, 0.6) is 11.5 Å². The number of methoxy groups -OCH3 is 1. The Morgan fingerprint density at radius 1 is 0.800 bits per heavy atom. The van der Waals surface area contributed by atoms with Gasteiger partial charge in [-0.2, -0.15) is 16.4 Å². The number of aromatic nitrogens is 3. The first-order valence-electron chi connectivity index (χ1n) is 11.2. The minimum Gasteiger partial charge on any atom is -0.508 e. The Hall–Kier alpha value is -4.42. The Bertz CT molecular complexity index is 1650. The third kappa shape index (κ3) is 3.84. The summed E-state index contributed by atoms with van der Waals surface area (Å²) in [4.78, 5) is 4.99. The van der Waals surface area contributed by atoms with Crippen molar-refractivity contribution in [3.8, 4) is 56.4 Å². The number of ether oxygens (including phenoxy) is 1. The number of thiophene rings is 1. The molecule has 0 aliphatic heterocycles. The molecule has 5 nitrogen and oxygen atoms in total. The molecule has 0 saturated carbocycles. The highest BCUT2D eigenvalue weighted by molar-refractivity contribution is 7.08. The number of phenols is 1. The largest absolute Gasteiger partial charge is 0.508 e. The minimum absolute atomic E-state index is 0.236. The first kappa shape index (κ1) is 21.1. The summed E-state index contributed by atoms with van der Waals surface area (Å²) >= 11 is 1.65. The maximum atomic E-state index is 10.0.